The second-order valence-electron chi connectivity index (χ2n) is 8.10. The molecule has 35 heavy (non-hydrogen) atoms. The Bertz CT molecular complexity index is 1440. The van der Waals surface area contributed by atoms with E-state index in [1.165, 1.54) is 16.8 Å². The summed E-state index contributed by atoms with van der Waals surface area (Å²) in [4.78, 5) is 33.5. The second kappa shape index (κ2) is 9.01. The van der Waals surface area contributed by atoms with Crippen molar-refractivity contribution in [2.75, 3.05) is 18.9 Å². The van der Waals surface area contributed by atoms with Crippen LogP contribution in [0.25, 0.3) is 16.8 Å². The molecule has 0 unspecified atom stereocenters. The van der Waals surface area contributed by atoms with Crippen LogP contribution in [0.4, 0.5) is 10.2 Å². The first-order valence-electron chi connectivity index (χ1n) is 11.0. The molecule has 0 saturated heterocycles. The van der Waals surface area contributed by atoms with E-state index in [9.17, 15) is 14.0 Å². The number of hydrogen-bond acceptors (Lipinski definition) is 7. The van der Waals surface area contributed by atoms with Gasteiger partial charge in [0.15, 0.2) is 5.65 Å². The van der Waals surface area contributed by atoms with Crippen molar-refractivity contribution in [2.24, 2.45) is 0 Å². The number of aromatic nitrogens is 4. The minimum atomic E-state index is -0.495. The van der Waals surface area contributed by atoms with Crippen LogP contribution < -0.4 is 20.7 Å². The number of carbonyl (C=O) groups is 2. The molecule has 0 spiro atoms. The Morgan fingerprint density at radius 3 is 2.77 bits per heavy atom. The first-order valence-corrected chi connectivity index (χ1v) is 11.0. The third kappa shape index (κ3) is 4.35. The number of amides is 2. The normalized spacial score (nSPS) is 15.6. The average Bonchev–Trinajstić information content (AvgIpc) is 3.29. The molecule has 1 aliphatic rings. The van der Waals surface area contributed by atoms with Crippen molar-refractivity contribution in [3.8, 4) is 17.0 Å². The molecule has 0 radical (unpaired) electrons. The molecule has 3 aromatic heterocycles. The zero-order valence-electron chi connectivity index (χ0n) is 19.0. The van der Waals surface area contributed by atoms with Gasteiger partial charge < -0.3 is 20.7 Å². The van der Waals surface area contributed by atoms with Crippen LogP contribution in [0.2, 0.25) is 0 Å². The Labute approximate surface area is 199 Å². The van der Waals surface area contributed by atoms with Crippen LogP contribution in [0.1, 0.15) is 33.2 Å². The number of benzene rings is 1. The fourth-order valence-electron chi connectivity index (χ4n) is 3.81. The maximum atomic E-state index is 14.0. The average molecular weight is 475 g/mol. The van der Waals surface area contributed by atoms with Crippen molar-refractivity contribution >= 4 is 23.3 Å². The van der Waals surface area contributed by atoms with Gasteiger partial charge in [0.25, 0.3) is 11.8 Å². The highest BCUT2D eigenvalue weighted by atomic mass is 19.1. The molecule has 2 amide bonds. The lowest BCUT2D eigenvalue weighted by atomic mass is 10.1. The largest absolute Gasteiger partial charge is 0.473 e. The van der Waals surface area contributed by atoms with Crippen LogP contribution in [0.5, 0.6) is 5.88 Å². The molecular weight excluding hydrogens is 453 g/mol. The van der Waals surface area contributed by atoms with Gasteiger partial charge in [0.05, 0.1) is 18.9 Å². The summed E-state index contributed by atoms with van der Waals surface area (Å²) in [5.74, 6) is -0.325. The smallest absolute Gasteiger partial charge is 0.256 e. The maximum Gasteiger partial charge on any atom is 0.256 e. The standard InChI is InChI=1S/C24H22FN7O3/c1-13-8-28-23(34)18-11-30-32-12-19(14-3-5-15(6-4-14)22(33)26-2)20(31-21(18)32)27-9-16-7-17(25)10-29-24(16)35-13/h3-7,10-13H,8-9H2,1-2H3,(H,26,33)(H,27,31)(H,28,34)/t13-/m0/s1. The highest BCUT2D eigenvalue weighted by molar-refractivity contribution is 6.00. The third-order valence-corrected chi connectivity index (χ3v) is 5.62. The first-order chi connectivity index (χ1) is 16.9. The van der Waals surface area contributed by atoms with Gasteiger partial charge in [0.2, 0.25) is 5.88 Å². The Balaban J connectivity index is 1.63. The first kappa shape index (κ1) is 22.3. The molecule has 178 valence electrons. The quantitative estimate of drug-likeness (QED) is 0.407. The van der Waals surface area contributed by atoms with Crippen molar-refractivity contribution in [1.82, 2.24) is 30.2 Å². The number of rotatable bonds is 2. The highest BCUT2D eigenvalue weighted by Crippen LogP contribution is 2.29. The van der Waals surface area contributed by atoms with E-state index in [1.807, 2.05) is 0 Å². The molecule has 4 heterocycles. The predicted molar refractivity (Wildman–Crippen MR) is 126 cm³/mol. The van der Waals surface area contributed by atoms with Crippen LogP contribution in [0, 0.1) is 5.82 Å². The molecule has 5 rings (SSSR count). The summed E-state index contributed by atoms with van der Waals surface area (Å²) >= 11 is 0. The van der Waals surface area contributed by atoms with Gasteiger partial charge in [-0.25, -0.2) is 18.9 Å². The van der Waals surface area contributed by atoms with Gasteiger partial charge in [-0.15, -0.1) is 0 Å². The molecule has 10 nitrogen and oxygen atoms in total. The molecule has 1 aliphatic heterocycles. The molecule has 1 aromatic carbocycles. The molecule has 4 aromatic rings. The summed E-state index contributed by atoms with van der Waals surface area (Å²) < 4.78 is 21.4. The molecular formula is C24H22FN7O3. The second-order valence-corrected chi connectivity index (χ2v) is 8.10. The predicted octanol–water partition coefficient (Wildman–Crippen LogP) is 2.41. The van der Waals surface area contributed by atoms with Crippen molar-refractivity contribution < 1.29 is 18.7 Å². The van der Waals surface area contributed by atoms with Gasteiger partial charge in [-0.05, 0) is 30.7 Å². The Morgan fingerprint density at radius 1 is 1.20 bits per heavy atom. The number of carbonyl (C=O) groups excluding carboxylic acids is 2. The third-order valence-electron chi connectivity index (χ3n) is 5.62. The van der Waals surface area contributed by atoms with E-state index >= 15 is 0 Å². The number of ether oxygens (including phenoxy) is 1. The number of halogens is 1. The number of nitrogens with zero attached hydrogens (tertiary/aromatic N) is 4. The van der Waals surface area contributed by atoms with E-state index in [0.29, 0.717) is 33.7 Å². The van der Waals surface area contributed by atoms with Crippen LogP contribution in [-0.2, 0) is 6.54 Å². The molecule has 1 atom stereocenters. The number of nitrogens with one attached hydrogen (secondary N) is 3. The summed E-state index contributed by atoms with van der Waals surface area (Å²) in [6.07, 6.45) is 3.88. The highest BCUT2D eigenvalue weighted by Gasteiger charge is 2.21. The molecule has 0 saturated carbocycles. The van der Waals surface area contributed by atoms with E-state index in [1.54, 1.807) is 44.4 Å². The minimum Gasteiger partial charge on any atom is -0.473 e. The van der Waals surface area contributed by atoms with Gasteiger partial charge in [0.1, 0.15) is 23.3 Å². The number of pyridine rings is 1. The van der Waals surface area contributed by atoms with Crippen LogP contribution in [0.15, 0.2) is 48.9 Å². The van der Waals surface area contributed by atoms with Gasteiger partial charge >= 0.3 is 0 Å². The van der Waals surface area contributed by atoms with Crippen molar-refractivity contribution in [1.29, 1.82) is 0 Å². The topological polar surface area (TPSA) is 123 Å². The van der Waals surface area contributed by atoms with E-state index in [4.69, 9.17) is 4.74 Å². The van der Waals surface area contributed by atoms with Crippen LogP contribution in [0.3, 0.4) is 0 Å². The van der Waals surface area contributed by atoms with E-state index in [0.717, 1.165) is 11.8 Å². The number of anilines is 1. The molecule has 0 fully saturated rings. The van der Waals surface area contributed by atoms with Gasteiger partial charge in [0, 0.05) is 36.5 Å². The van der Waals surface area contributed by atoms with Gasteiger partial charge in [-0.2, -0.15) is 5.10 Å². The Morgan fingerprint density at radius 2 is 2.00 bits per heavy atom. The lowest BCUT2D eigenvalue weighted by Crippen LogP contribution is -2.33. The monoisotopic (exact) mass is 475 g/mol. The van der Waals surface area contributed by atoms with E-state index in [2.05, 4.69) is 31.0 Å². The summed E-state index contributed by atoms with van der Waals surface area (Å²) in [5.41, 5.74) is 3.12. The summed E-state index contributed by atoms with van der Waals surface area (Å²) in [6, 6.07) is 8.35. The van der Waals surface area contributed by atoms with E-state index < -0.39 is 11.9 Å². The SMILES string of the molecule is CNC(=O)c1ccc(-c2cn3ncc4c3nc2NCc2cc(F)cnc2O[C@@H](C)CNC4=O)cc1. The fraction of sp³-hybridized carbons (Fsp3) is 0.208. The minimum absolute atomic E-state index is 0.171. The number of fused-ring (bicyclic) bond motifs is 2. The van der Waals surface area contributed by atoms with Gasteiger partial charge in [-0.1, -0.05) is 12.1 Å². The number of hydrogen-bond donors (Lipinski definition) is 3. The van der Waals surface area contributed by atoms with Crippen molar-refractivity contribution in [3.05, 3.63) is 71.4 Å². The van der Waals surface area contributed by atoms with E-state index in [-0.39, 0.29) is 30.8 Å². The summed E-state index contributed by atoms with van der Waals surface area (Å²) in [6.45, 7) is 2.17. The summed E-state index contributed by atoms with van der Waals surface area (Å²) in [7, 11) is 1.57. The molecule has 2 bridgehead atoms. The lowest BCUT2D eigenvalue weighted by Gasteiger charge is -2.17. The lowest BCUT2D eigenvalue weighted by molar-refractivity contribution is 0.0930. The Kier molecular flexibility index (Phi) is 5.73. The molecule has 3 N–H and O–H groups in total. The summed E-state index contributed by atoms with van der Waals surface area (Å²) in [5, 5.41) is 13.0. The molecule has 11 heteroatoms. The Hall–Kier alpha value is -4.54. The maximum absolute atomic E-state index is 14.0. The molecule has 0 aliphatic carbocycles. The zero-order chi connectivity index (χ0) is 24.5. The van der Waals surface area contributed by atoms with Gasteiger partial charge in [-0.3, -0.25) is 9.59 Å². The fourth-order valence-corrected chi connectivity index (χ4v) is 3.81. The van der Waals surface area contributed by atoms with Crippen molar-refractivity contribution in [2.45, 2.75) is 19.6 Å². The van der Waals surface area contributed by atoms with Crippen LogP contribution in [-0.4, -0.2) is 51.1 Å². The zero-order valence-corrected chi connectivity index (χ0v) is 19.0. The van der Waals surface area contributed by atoms with Crippen LogP contribution >= 0.6 is 0 Å². The van der Waals surface area contributed by atoms with Crippen molar-refractivity contribution in [3.63, 3.8) is 0 Å².